The van der Waals surface area contributed by atoms with Gasteiger partial charge in [-0.1, -0.05) is 6.07 Å². The summed E-state index contributed by atoms with van der Waals surface area (Å²) < 4.78 is 34.0. The van der Waals surface area contributed by atoms with Crippen LogP contribution in [0.15, 0.2) is 85.0 Å². The molecule has 35 heavy (non-hydrogen) atoms. The van der Waals surface area contributed by atoms with E-state index in [1.165, 1.54) is 45.1 Å². The van der Waals surface area contributed by atoms with Crippen LogP contribution in [0.2, 0.25) is 0 Å². The van der Waals surface area contributed by atoms with E-state index in [1.807, 2.05) is 0 Å². The monoisotopic (exact) mass is 478 g/mol. The van der Waals surface area contributed by atoms with Gasteiger partial charge in [-0.25, -0.2) is 32.9 Å². The van der Waals surface area contributed by atoms with Crippen LogP contribution in [0.1, 0.15) is 18.5 Å². The Balaban J connectivity index is 1.53. The van der Waals surface area contributed by atoms with Crippen molar-refractivity contribution >= 4 is 0 Å². The lowest BCUT2D eigenvalue weighted by molar-refractivity contribution is -0.0342. The number of rotatable bonds is 7. The molecule has 5 rings (SSSR count). The van der Waals surface area contributed by atoms with Gasteiger partial charge < -0.3 is 5.11 Å². The molecule has 0 spiro atoms. The van der Waals surface area contributed by atoms with E-state index in [9.17, 15) is 18.7 Å². The maximum absolute atomic E-state index is 14.8. The normalized spacial score (nSPS) is 14.1. The Morgan fingerprint density at radius 2 is 1.69 bits per heavy atom. The van der Waals surface area contributed by atoms with Crippen LogP contribution in [0.4, 0.5) is 8.78 Å². The summed E-state index contributed by atoms with van der Waals surface area (Å²) in [6.45, 7) is 1.36. The Morgan fingerprint density at radius 1 is 0.971 bits per heavy atom. The lowest BCUT2D eigenvalue weighted by Gasteiger charge is -2.35. The van der Waals surface area contributed by atoms with Crippen LogP contribution in [0.25, 0.3) is 11.4 Å². The van der Waals surface area contributed by atoms with E-state index in [0.717, 1.165) is 11.8 Å². The van der Waals surface area contributed by atoms with Gasteiger partial charge in [0.15, 0.2) is 0 Å². The number of hydrogen-bond acceptors (Lipinski definition) is 6. The van der Waals surface area contributed by atoms with Crippen LogP contribution in [0, 0.1) is 11.6 Å². The molecule has 0 radical (unpaired) electrons. The zero-order valence-electron chi connectivity index (χ0n) is 18.5. The van der Waals surface area contributed by atoms with Gasteiger partial charge in [0.25, 0.3) is 0 Å². The van der Waals surface area contributed by atoms with E-state index in [4.69, 9.17) is 0 Å². The highest BCUT2D eigenvalue weighted by molar-refractivity contribution is 5.41. The molecule has 0 saturated heterocycles. The molecular formula is C23H20F2N8O2. The number of hydrogen-bond donors (Lipinski definition) is 1. The van der Waals surface area contributed by atoms with Crippen molar-refractivity contribution in [1.82, 2.24) is 38.7 Å². The van der Waals surface area contributed by atoms with Crippen molar-refractivity contribution in [3.63, 3.8) is 0 Å². The predicted molar refractivity (Wildman–Crippen MR) is 120 cm³/mol. The maximum Gasteiger partial charge on any atom is 0.333 e. The molecule has 1 N–H and O–H groups in total. The summed E-state index contributed by atoms with van der Waals surface area (Å²) in [4.78, 5) is 21.1. The smallest absolute Gasteiger partial charge is 0.333 e. The third-order valence-electron chi connectivity index (χ3n) is 5.99. The van der Waals surface area contributed by atoms with Crippen molar-refractivity contribution in [2.75, 3.05) is 0 Å². The summed E-state index contributed by atoms with van der Waals surface area (Å²) in [6.07, 6.45) is 8.68. The molecule has 12 heteroatoms. The van der Waals surface area contributed by atoms with Crippen LogP contribution in [0.5, 0.6) is 0 Å². The first kappa shape index (κ1) is 22.3. The third kappa shape index (κ3) is 4.04. The molecule has 10 nitrogen and oxygen atoms in total. The zero-order valence-corrected chi connectivity index (χ0v) is 18.5. The molecule has 0 aliphatic rings. The molecule has 0 aliphatic carbocycles. The fourth-order valence-corrected chi connectivity index (χ4v) is 4.06. The van der Waals surface area contributed by atoms with Crippen molar-refractivity contribution in [2.45, 2.75) is 25.1 Å². The van der Waals surface area contributed by atoms with Crippen LogP contribution in [-0.4, -0.2) is 43.8 Å². The van der Waals surface area contributed by atoms with Crippen LogP contribution in [0.3, 0.4) is 0 Å². The topological polar surface area (TPSA) is 109 Å². The first-order valence-electron chi connectivity index (χ1n) is 10.6. The first-order chi connectivity index (χ1) is 16.9. The van der Waals surface area contributed by atoms with E-state index in [1.54, 1.807) is 48.4 Å². The van der Waals surface area contributed by atoms with Gasteiger partial charge in [-0.15, -0.1) is 0 Å². The SMILES string of the molecule is C[C@@H](n1ccn(-c2ccc(-n3cncn3)cc2)c1=O)[C@](O)(Cn1cncn1)c1ccc(F)cc1F. The minimum atomic E-state index is -1.96. The first-order valence-corrected chi connectivity index (χ1v) is 10.6. The third-order valence-corrected chi connectivity index (χ3v) is 5.99. The minimum Gasteiger partial charge on any atom is -0.381 e. The molecule has 3 aromatic heterocycles. The van der Waals surface area contributed by atoms with Crippen LogP contribution >= 0.6 is 0 Å². The summed E-state index contributed by atoms with van der Waals surface area (Å²) in [5.74, 6) is -1.71. The standard InChI is InChI=1S/C23H20F2N8O2/c1-16(23(35,11-30-14-26-12-28-30)20-7-2-17(24)10-21(20)25)31-8-9-32(22(31)34)18-3-5-19(6-4-18)33-15-27-13-29-33/h2-10,12-16,35H,11H2,1H3/t16-,23-/m1/s1. The minimum absolute atomic E-state index is 0.168. The van der Waals surface area contributed by atoms with Crippen molar-refractivity contribution in [3.05, 3.63) is 108 Å². The number of imidazole rings is 1. The molecule has 0 amide bonds. The van der Waals surface area contributed by atoms with Gasteiger partial charge >= 0.3 is 5.69 Å². The molecular weight excluding hydrogens is 458 g/mol. The number of nitrogens with zero attached hydrogens (tertiary/aromatic N) is 8. The van der Waals surface area contributed by atoms with E-state index in [-0.39, 0.29) is 12.1 Å². The van der Waals surface area contributed by atoms with Gasteiger partial charge in [0.2, 0.25) is 0 Å². The quantitative estimate of drug-likeness (QED) is 0.384. The van der Waals surface area contributed by atoms with Gasteiger partial charge in [0, 0.05) is 24.0 Å². The second kappa shape index (κ2) is 8.72. The molecule has 0 unspecified atom stereocenters. The van der Waals surface area contributed by atoms with Crippen LogP contribution < -0.4 is 5.69 Å². The fraction of sp³-hybridized carbons (Fsp3) is 0.174. The Hall–Kier alpha value is -4.45. The van der Waals surface area contributed by atoms with Crippen LogP contribution in [-0.2, 0) is 12.1 Å². The zero-order chi connectivity index (χ0) is 24.6. The second-order valence-electron chi connectivity index (χ2n) is 8.03. The van der Waals surface area contributed by atoms with E-state index >= 15 is 0 Å². The Morgan fingerprint density at radius 3 is 2.34 bits per heavy atom. The summed E-state index contributed by atoms with van der Waals surface area (Å²) in [7, 11) is 0. The number of aromatic nitrogens is 8. The summed E-state index contributed by atoms with van der Waals surface area (Å²) >= 11 is 0. The van der Waals surface area contributed by atoms with Crippen molar-refractivity contribution < 1.29 is 13.9 Å². The second-order valence-corrected chi connectivity index (χ2v) is 8.03. The number of aliphatic hydroxyl groups is 1. The van der Waals surface area contributed by atoms with Gasteiger partial charge in [-0.05, 0) is 37.3 Å². The van der Waals surface area contributed by atoms with Crippen molar-refractivity contribution in [2.24, 2.45) is 0 Å². The van der Waals surface area contributed by atoms with Crippen molar-refractivity contribution in [1.29, 1.82) is 0 Å². The summed E-state index contributed by atoms with van der Waals surface area (Å²) in [5.41, 5.74) is -1.23. The van der Waals surface area contributed by atoms with Crippen molar-refractivity contribution in [3.8, 4) is 11.4 Å². The molecule has 5 aromatic rings. The number of halogens is 2. The van der Waals surface area contributed by atoms with E-state index in [0.29, 0.717) is 11.8 Å². The highest BCUT2D eigenvalue weighted by Crippen LogP contribution is 2.36. The van der Waals surface area contributed by atoms with Gasteiger partial charge in [0.1, 0.15) is 42.5 Å². The van der Waals surface area contributed by atoms with Gasteiger partial charge in [-0.2, -0.15) is 10.2 Å². The molecule has 0 saturated carbocycles. The molecule has 3 heterocycles. The highest BCUT2D eigenvalue weighted by atomic mass is 19.1. The Labute approximate surface area is 197 Å². The van der Waals surface area contributed by atoms with Gasteiger partial charge in [-0.3, -0.25) is 9.13 Å². The molecule has 2 atom stereocenters. The summed E-state index contributed by atoms with van der Waals surface area (Å²) in [6, 6.07) is 9.01. The maximum atomic E-state index is 14.8. The summed E-state index contributed by atoms with van der Waals surface area (Å²) in [5, 5.41) is 19.8. The lowest BCUT2D eigenvalue weighted by atomic mass is 9.86. The molecule has 178 valence electrons. The van der Waals surface area contributed by atoms with Gasteiger partial charge in [0.05, 0.1) is 24.0 Å². The average molecular weight is 478 g/mol. The van der Waals surface area contributed by atoms with E-state index in [2.05, 4.69) is 20.2 Å². The molecule has 0 bridgehead atoms. The average Bonchev–Trinajstić information content (AvgIpc) is 3.61. The molecule has 0 aliphatic heterocycles. The lowest BCUT2D eigenvalue weighted by Crippen LogP contribution is -2.43. The Bertz CT molecular complexity index is 1490. The molecule has 0 fully saturated rings. The number of benzene rings is 2. The molecule has 2 aromatic carbocycles. The highest BCUT2D eigenvalue weighted by Gasteiger charge is 2.41. The fourth-order valence-electron chi connectivity index (χ4n) is 4.06. The predicted octanol–water partition coefficient (Wildman–Crippen LogP) is 2.24. The largest absolute Gasteiger partial charge is 0.381 e. The Kier molecular flexibility index (Phi) is 5.57. The van der Waals surface area contributed by atoms with E-state index < -0.39 is 29.0 Å².